The van der Waals surface area contributed by atoms with E-state index in [1.54, 1.807) is 0 Å². The Labute approximate surface area is 149 Å². The molecule has 2 aromatic carbocycles. The number of ether oxygens (including phenoxy) is 1. The fraction of sp³-hybridized carbons (Fsp3) is 0.348. The summed E-state index contributed by atoms with van der Waals surface area (Å²) >= 11 is 0. The van der Waals surface area contributed by atoms with Crippen molar-refractivity contribution >= 4 is 5.97 Å². The molecule has 2 aliphatic carbocycles. The molecule has 2 heteroatoms. The molecule has 2 aromatic rings. The van der Waals surface area contributed by atoms with Crippen molar-refractivity contribution < 1.29 is 9.53 Å². The molecule has 25 heavy (non-hydrogen) atoms. The number of hydrogen-bond acceptors (Lipinski definition) is 2. The second kappa shape index (κ2) is 6.87. The lowest BCUT2D eigenvalue weighted by Gasteiger charge is -2.18. The number of rotatable bonds is 5. The molecular weight excluding hydrogens is 308 g/mol. The van der Waals surface area contributed by atoms with Crippen LogP contribution in [-0.4, -0.2) is 5.97 Å². The van der Waals surface area contributed by atoms with Crippen molar-refractivity contribution in [2.45, 2.75) is 32.6 Å². The first-order chi connectivity index (χ1) is 12.2. The average Bonchev–Trinajstić information content (AvgIpc) is 3.21. The first-order valence-corrected chi connectivity index (χ1v) is 9.19. The first-order valence-electron chi connectivity index (χ1n) is 9.19. The summed E-state index contributed by atoms with van der Waals surface area (Å²) in [6, 6.07) is 16.8. The van der Waals surface area contributed by atoms with E-state index in [0.717, 1.165) is 24.2 Å². The average molecular weight is 332 g/mol. The molecule has 2 bridgehead atoms. The lowest BCUT2D eigenvalue weighted by Crippen LogP contribution is -2.10. The van der Waals surface area contributed by atoms with Gasteiger partial charge in [-0.3, -0.25) is 4.79 Å². The van der Waals surface area contributed by atoms with Crippen LogP contribution in [0.2, 0.25) is 0 Å². The Hall–Kier alpha value is -2.35. The van der Waals surface area contributed by atoms with Gasteiger partial charge in [0.25, 0.3) is 0 Å². The highest BCUT2D eigenvalue weighted by Gasteiger charge is 2.35. The Morgan fingerprint density at radius 1 is 0.920 bits per heavy atom. The van der Waals surface area contributed by atoms with E-state index >= 15 is 0 Å². The molecule has 0 amide bonds. The van der Waals surface area contributed by atoms with E-state index in [4.69, 9.17) is 4.74 Å². The Morgan fingerprint density at radius 2 is 1.56 bits per heavy atom. The number of benzene rings is 2. The van der Waals surface area contributed by atoms with Gasteiger partial charge in [0.2, 0.25) is 0 Å². The van der Waals surface area contributed by atoms with Crippen molar-refractivity contribution in [3.05, 3.63) is 77.4 Å². The van der Waals surface area contributed by atoms with Gasteiger partial charge in [-0.05, 0) is 72.3 Å². The zero-order valence-electron chi connectivity index (χ0n) is 14.7. The van der Waals surface area contributed by atoms with Crippen molar-refractivity contribution in [2.24, 2.45) is 17.8 Å². The number of hydrogen-bond donors (Lipinski definition) is 0. The van der Waals surface area contributed by atoms with E-state index in [2.05, 4.69) is 36.4 Å². The van der Waals surface area contributed by atoms with Crippen molar-refractivity contribution in [3.8, 4) is 5.75 Å². The highest BCUT2D eigenvalue weighted by Crippen LogP contribution is 2.44. The molecule has 0 saturated heterocycles. The van der Waals surface area contributed by atoms with Crippen molar-refractivity contribution in [3.63, 3.8) is 0 Å². The van der Waals surface area contributed by atoms with Crippen LogP contribution in [0.25, 0.3) is 0 Å². The molecule has 0 radical (unpaired) electrons. The molecule has 3 unspecified atom stereocenters. The molecule has 3 atom stereocenters. The molecule has 2 aliphatic rings. The van der Waals surface area contributed by atoms with Crippen LogP contribution in [-0.2, 0) is 17.6 Å². The molecule has 128 valence electrons. The number of esters is 1. The fourth-order valence-corrected chi connectivity index (χ4v) is 4.30. The SMILES string of the molecule is CC(=O)Oc1ccc(Cc2ccc(CC3CC4C=CC3C4)cc2)cc1. The largest absolute Gasteiger partial charge is 0.427 e. The van der Waals surface area contributed by atoms with Crippen LogP contribution >= 0.6 is 0 Å². The Balaban J connectivity index is 1.35. The highest BCUT2D eigenvalue weighted by atomic mass is 16.5. The number of carbonyl (C=O) groups excluding carboxylic acids is 1. The third kappa shape index (κ3) is 3.84. The summed E-state index contributed by atoms with van der Waals surface area (Å²) in [7, 11) is 0. The maximum Gasteiger partial charge on any atom is 0.308 e. The summed E-state index contributed by atoms with van der Waals surface area (Å²) in [6.07, 6.45) is 9.72. The summed E-state index contributed by atoms with van der Waals surface area (Å²) < 4.78 is 5.08. The van der Waals surface area contributed by atoms with E-state index in [0.29, 0.717) is 5.75 Å². The molecule has 4 rings (SSSR count). The molecule has 1 saturated carbocycles. The molecule has 0 heterocycles. The van der Waals surface area contributed by atoms with Gasteiger partial charge >= 0.3 is 5.97 Å². The number of allylic oxidation sites excluding steroid dienone is 2. The van der Waals surface area contributed by atoms with E-state index in [-0.39, 0.29) is 5.97 Å². The predicted octanol–water partition coefficient (Wildman–Crippen LogP) is 4.96. The van der Waals surface area contributed by atoms with Crippen LogP contribution in [0.1, 0.15) is 36.5 Å². The van der Waals surface area contributed by atoms with Gasteiger partial charge in [-0.1, -0.05) is 48.6 Å². The van der Waals surface area contributed by atoms with E-state index in [1.165, 1.54) is 42.9 Å². The maximum absolute atomic E-state index is 11.0. The van der Waals surface area contributed by atoms with Gasteiger partial charge in [0.1, 0.15) is 5.75 Å². The molecule has 0 spiro atoms. The van der Waals surface area contributed by atoms with Crippen LogP contribution in [0.4, 0.5) is 0 Å². The fourth-order valence-electron chi connectivity index (χ4n) is 4.30. The zero-order valence-corrected chi connectivity index (χ0v) is 14.7. The predicted molar refractivity (Wildman–Crippen MR) is 99.5 cm³/mol. The normalized spacial score (nSPS) is 23.8. The first kappa shape index (κ1) is 16.1. The van der Waals surface area contributed by atoms with Crippen molar-refractivity contribution in [1.29, 1.82) is 0 Å². The van der Waals surface area contributed by atoms with Gasteiger partial charge < -0.3 is 4.74 Å². The second-order valence-corrected chi connectivity index (χ2v) is 7.48. The summed E-state index contributed by atoms with van der Waals surface area (Å²) in [5.74, 6) is 2.83. The topological polar surface area (TPSA) is 26.3 Å². The van der Waals surface area contributed by atoms with Crippen molar-refractivity contribution in [2.75, 3.05) is 0 Å². The van der Waals surface area contributed by atoms with E-state index in [9.17, 15) is 4.79 Å². The van der Waals surface area contributed by atoms with Gasteiger partial charge in [-0.15, -0.1) is 0 Å². The molecule has 1 fully saturated rings. The quantitative estimate of drug-likeness (QED) is 0.439. The Bertz CT molecular complexity index is 771. The minimum Gasteiger partial charge on any atom is -0.427 e. The van der Waals surface area contributed by atoms with Gasteiger partial charge in [-0.2, -0.15) is 0 Å². The van der Waals surface area contributed by atoms with Gasteiger partial charge in [-0.25, -0.2) is 0 Å². The van der Waals surface area contributed by atoms with Crippen LogP contribution in [0, 0.1) is 17.8 Å². The molecular formula is C23H24O2. The maximum atomic E-state index is 11.0. The van der Waals surface area contributed by atoms with Gasteiger partial charge in [0.15, 0.2) is 0 Å². The number of fused-ring (bicyclic) bond motifs is 2. The number of carbonyl (C=O) groups is 1. The smallest absolute Gasteiger partial charge is 0.308 e. The van der Waals surface area contributed by atoms with E-state index in [1.807, 2.05) is 24.3 Å². The summed E-state index contributed by atoms with van der Waals surface area (Å²) in [5.41, 5.74) is 4.00. The standard InChI is InChI=1S/C23H24O2/c1-16(24)25-23-10-7-18(8-11-23)12-17-2-4-19(5-3-17)13-22-15-20-6-9-21(22)14-20/h2-11,20-22H,12-15H2,1H3. The summed E-state index contributed by atoms with van der Waals surface area (Å²) in [5, 5.41) is 0. The lowest BCUT2D eigenvalue weighted by molar-refractivity contribution is -0.131. The van der Waals surface area contributed by atoms with Gasteiger partial charge in [0, 0.05) is 6.92 Å². The molecule has 0 aromatic heterocycles. The highest BCUT2D eigenvalue weighted by molar-refractivity contribution is 5.69. The lowest BCUT2D eigenvalue weighted by atomic mass is 9.87. The molecule has 0 N–H and O–H groups in total. The Kier molecular flexibility index (Phi) is 4.44. The van der Waals surface area contributed by atoms with Crippen LogP contribution in [0.3, 0.4) is 0 Å². The van der Waals surface area contributed by atoms with Gasteiger partial charge in [0.05, 0.1) is 0 Å². The molecule has 0 aliphatic heterocycles. The van der Waals surface area contributed by atoms with E-state index < -0.39 is 0 Å². The minimum absolute atomic E-state index is 0.283. The van der Waals surface area contributed by atoms with Crippen molar-refractivity contribution in [1.82, 2.24) is 0 Å². The third-order valence-electron chi connectivity index (χ3n) is 5.53. The molecule has 2 nitrogen and oxygen atoms in total. The summed E-state index contributed by atoms with van der Waals surface area (Å²) in [4.78, 5) is 11.0. The van der Waals surface area contributed by atoms with Crippen LogP contribution in [0.15, 0.2) is 60.7 Å². The summed E-state index contributed by atoms with van der Waals surface area (Å²) in [6.45, 7) is 1.42. The van der Waals surface area contributed by atoms with Crippen LogP contribution < -0.4 is 4.74 Å². The third-order valence-corrected chi connectivity index (χ3v) is 5.53. The second-order valence-electron chi connectivity index (χ2n) is 7.48. The van der Waals surface area contributed by atoms with Crippen LogP contribution in [0.5, 0.6) is 5.75 Å². The Morgan fingerprint density at radius 3 is 2.12 bits per heavy atom. The zero-order chi connectivity index (χ0) is 17.2. The minimum atomic E-state index is -0.283. The monoisotopic (exact) mass is 332 g/mol.